The predicted octanol–water partition coefficient (Wildman–Crippen LogP) is 7.79. The quantitative estimate of drug-likeness (QED) is 0.0798. The number of amides is 1. The molecule has 53 heavy (non-hydrogen) atoms. The predicted molar refractivity (Wildman–Crippen MR) is 203 cm³/mol. The number of methoxy groups -OCH3 is 2. The Labute approximate surface area is 313 Å². The second kappa shape index (κ2) is 18.1. The van der Waals surface area contributed by atoms with E-state index in [0.29, 0.717) is 59.3 Å². The van der Waals surface area contributed by atoms with E-state index in [2.05, 4.69) is 30.3 Å². The minimum Gasteiger partial charge on any atom is -0.496 e. The van der Waals surface area contributed by atoms with Gasteiger partial charge in [0.2, 0.25) is 0 Å². The Morgan fingerprint density at radius 3 is 2.34 bits per heavy atom. The van der Waals surface area contributed by atoms with Gasteiger partial charge in [-0.1, -0.05) is 54.6 Å². The standard InChI is InChI=1S/C43H53NO9/c1-43(2,3)53-42(45)44-23-34(27-49-28-36-29-51-36)41(40(24-44)52-25-30-21-32-11-6-8-13-37(32)39(22-30)47-5)31-15-17-35(18-16-31)50-20-10-19-48-26-33-12-7-9-14-38(33)46-4/h6-9,11-18,21-22,34,36,40-41H,10,19-20,23-29H2,1-5H3/t34-,36-,40-,41-/m0/s1. The van der Waals surface area contributed by atoms with Crippen LogP contribution in [0.15, 0.2) is 84.9 Å². The van der Waals surface area contributed by atoms with E-state index in [1.165, 1.54) is 0 Å². The number of ether oxygens (including phenoxy) is 8. The number of hydrogen-bond donors (Lipinski definition) is 0. The molecule has 0 aromatic heterocycles. The van der Waals surface area contributed by atoms with Gasteiger partial charge in [-0.05, 0) is 67.6 Å². The van der Waals surface area contributed by atoms with E-state index in [-0.39, 0.29) is 30.1 Å². The SMILES string of the molecule is COc1ccccc1COCCCOc1ccc([C@H]2[C@H](COC[C@H]3CO3)CN(C(=O)OC(C)(C)C)C[C@@H]2OCc2cc(OC)c3ccccc3c2)cc1. The maximum absolute atomic E-state index is 13.5. The number of fused-ring (bicyclic) bond motifs is 1. The molecule has 2 aliphatic heterocycles. The summed E-state index contributed by atoms with van der Waals surface area (Å²) in [6.07, 6.45) is 0.186. The Kier molecular flexibility index (Phi) is 13.1. The highest BCUT2D eigenvalue weighted by Gasteiger charge is 2.42. The fourth-order valence-corrected chi connectivity index (χ4v) is 6.83. The molecule has 10 heteroatoms. The highest BCUT2D eigenvalue weighted by atomic mass is 16.6. The van der Waals surface area contributed by atoms with Gasteiger partial charge in [-0.3, -0.25) is 0 Å². The topological polar surface area (TPSA) is 97.5 Å². The van der Waals surface area contributed by atoms with Gasteiger partial charge in [-0.25, -0.2) is 4.79 Å². The van der Waals surface area contributed by atoms with Crippen molar-refractivity contribution in [3.63, 3.8) is 0 Å². The highest BCUT2D eigenvalue weighted by Crippen LogP contribution is 2.38. The van der Waals surface area contributed by atoms with Crippen molar-refractivity contribution in [2.75, 3.05) is 60.3 Å². The Hall–Kier alpha value is -4.35. The molecule has 0 saturated carbocycles. The van der Waals surface area contributed by atoms with Crippen molar-refractivity contribution in [2.45, 2.75) is 64.1 Å². The van der Waals surface area contributed by atoms with Crippen molar-refractivity contribution in [2.24, 2.45) is 5.92 Å². The van der Waals surface area contributed by atoms with Crippen molar-refractivity contribution in [1.29, 1.82) is 0 Å². The van der Waals surface area contributed by atoms with Gasteiger partial charge in [0, 0.05) is 35.8 Å². The molecule has 10 nitrogen and oxygen atoms in total. The van der Waals surface area contributed by atoms with Gasteiger partial charge in [0.05, 0.1) is 73.1 Å². The van der Waals surface area contributed by atoms with E-state index in [9.17, 15) is 4.79 Å². The maximum atomic E-state index is 13.5. The van der Waals surface area contributed by atoms with Gasteiger partial charge in [-0.15, -0.1) is 0 Å². The average molecular weight is 728 g/mol. The maximum Gasteiger partial charge on any atom is 0.410 e. The molecular formula is C43H53NO9. The van der Waals surface area contributed by atoms with E-state index >= 15 is 0 Å². The smallest absolute Gasteiger partial charge is 0.410 e. The zero-order chi connectivity index (χ0) is 37.2. The number of likely N-dealkylation sites (tertiary alicyclic amines) is 1. The molecule has 0 unspecified atom stereocenters. The number of para-hydroxylation sites is 1. The normalized spacial score (nSPS) is 19.9. The Morgan fingerprint density at radius 1 is 0.830 bits per heavy atom. The second-order valence-electron chi connectivity index (χ2n) is 14.7. The van der Waals surface area contributed by atoms with Crippen LogP contribution in [-0.2, 0) is 36.9 Å². The third-order valence-electron chi connectivity index (χ3n) is 9.44. The van der Waals surface area contributed by atoms with Crippen LogP contribution in [0.4, 0.5) is 4.79 Å². The molecular weight excluding hydrogens is 674 g/mol. The molecule has 2 fully saturated rings. The van der Waals surface area contributed by atoms with Crippen molar-refractivity contribution in [3.05, 3.63) is 102 Å². The molecule has 2 heterocycles. The first kappa shape index (κ1) is 38.4. The fraction of sp³-hybridized carbons (Fsp3) is 0.465. The van der Waals surface area contributed by atoms with Crippen LogP contribution in [0.2, 0.25) is 0 Å². The summed E-state index contributed by atoms with van der Waals surface area (Å²) in [4.78, 5) is 15.3. The van der Waals surface area contributed by atoms with Crippen LogP contribution < -0.4 is 14.2 Å². The monoisotopic (exact) mass is 727 g/mol. The Morgan fingerprint density at radius 2 is 1.58 bits per heavy atom. The molecule has 0 radical (unpaired) electrons. The summed E-state index contributed by atoms with van der Waals surface area (Å²) in [5.41, 5.74) is 2.48. The summed E-state index contributed by atoms with van der Waals surface area (Å²) in [5.74, 6) is 2.28. The van der Waals surface area contributed by atoms with Crippen LogP contribution >= 0.6 is 0 Å². The molecule has 0 N–H and O–H groups in total. The highest BCUT2D eigenvalue weighted by molar-refractivity contribution is 5.89. The van der Waals surface area contributed by atoms with E-state index in [0.717, 1.165) is 51.1 Å². The molecule has 0 bridgehead atoms. The third kappa shape index (κ3) is 10.9. The summed E-state index contributed by atoms with van der Waals surface area (Å²) in [7, 11) is 3.35. The number of carbonyl (C=O) groups is 1. The number of benzene rings is 4. The van der Waals surface area contributed by atoms with Crippen molar-refractivity contribution < 1.29 is 42.7 Å². The van der Waals surface area contributed by atoms with Crippen molar-refractivity contribution in [3.8, 4) is 17.2 Å². The molecule has 0 aliphatic carbocycles. The molecule has 1 amide bonds. The zero-order valence-corrected chi connectivity index (χ0v) is 31.6. The Bertz CT molecular complexity index is 1770. The van der Waals surface area contributed by atoms with Crippen LogP contribution in [0.25, 0.3) is 10.8 Å². The zero-order valence-electron chi connectivity index (χ0n) is 31.6. The number of carbonyl (C=O) groups excluding carboxylic acids is 1. The molecule has 6 rings (SSSR count). The van der Waals surface area contributed by atoms with E-state index in [1.807, 2.05) is 75.4 Å². The summed E-state index contributed by atoms with van der Waals surface area (Å²) in [6.45, 7) is 10.1. The van der Waals surface area contributed by atoms with Crippen LogP contribution in [0, 0.1) is 5.92 Å². The van der Waals surface area contributed by atoms with Crippen LogP contribution in [-0.4, -0.2) is 89.1 Å². The molecule has 4 atom stereocenters. The second-order valence-corrected chi connectivity index (χ2v) is 14.7. The fourth-order valence-electron chi connectivity index (χ4n) is 6.83. The van der Waals surface area contributed by atoms with Crippen molar-refractivity contribution in [1.82, 2.24) is 4.90 Å². The first-order valence-corrected chi connectivity index (χ1v) is 18.5. The molecule has 2 saturated heterocycles. The lowest BCUT2D eigenvalue weighted by Crippen LogP contribution is -2.53. The first-order valence-electron chi connectivity index (χ1n) is 18.5. The first-order chi connectivity index (χ1) is 25.7. The minimum atomic E-state index is -0.626. The van der Waals surface area contributed by atoms with Crippen LogP contribution in [0.5, 0.6) is 17.2 Å². The molecule has 2 aliphatic rings. The lowest BCUT2D eigenvalue weighted by atomic mass is 9.78. The van der Waals surface area contributed by atoms with Crippen molar-refractivity contribution >= 4 is 16.9 Å². The molecule has 4 aromatic carbocycles. The summed E-state index contributed by atoms with van der Waals surface area (Å²) in [6, 6.07) is 28.4. The van der Waals surface area contributed by atoms with Gasteiger partial charge in [0.15, 0.2) is 0 Å². The molecule has 0 spiro atoms. The summed E-state index contributed by atoms with van der Waals surface area (Å²) >= 11 is 0. The van der Waals surface area contributed by atoms with Crippen LogP contribution in [0.3, 0.4) is 0 Å². The summed E-state index contributed by atoms with van der Waals surface area (Å²) in [5, 5.41) is 2.12. The molecule has 4 aromatic rings. The number of piperidine rings is 1. The van der Waals surface area contributed by atoms with Gasteiger partial charge in [0.1, 0.15) is 29.0 Å². The lowest BCUT2D eigenvalue weighted by Gasteiger charge is -2.44. The lowest BCUT2D eigenvalue weighted by molar-refractivity contribution is -0.0668. The van der Waals surface area contributed by atoms with Gasteiger partial charge in [-0.2, -0.15) is 0 Å². The van der Waals surface area contributed by atoms with Gasteiger partial charge >= 0.3 is 6.09 Å². The van der Waals surface area contributed by atoms with Crippen LogP contribution in [0.1, 0.15) is 49.8 Å². The Balaban J connectivity index is 1.16. The van der Waals surface area contributed by atoms with E-state index in [4.69, 9.17) is 37.9 Å². The summed E-state index contributed by atoms with van der Waals surface area (Å²) < 4.78 is 47.4. The third-order valence-corrected chi connectivity index (χ3v) is 9.44. The number of hydrogen-bond acceptors (Lipinski definition) is 9. The van der Waals surface area contributed by atoms with E-state index in [1.54, 1.807) is 19.1 Å². The average Bonchev–Trinajstić information content (AvgIpc) is 3.99. The largest absolute Gasteiger partial charge is 0.496 e. The number of nitrogens with zero attached hydrogens (tertiary/aromatic N) is 1. The van der Waals surface area contributed by atoms with E-state index < -0.39 is 5.60 Å². The number of rotatable bonds is 17. The van der Waals surface area contributed by atoms with Gasteiger partial charge in [0.25, 0.3) is 0 Å². The van der Waals surface area contributed by atoms with Gasteiger partial charge < -0.3 is 42.8 Å². The minimum absolute atomic E-state index is 0.0571. The number of epoxide rings is 1. The molecule has 284 valence electrons.